The van der Waals surface area contributed by atoms with E-state index in [0.29, 0.717) is 17.1 Å². The standard InChI is InChI=1S/C16H12Cl2FNO/c17-12-4-5-13-11(9-21)8-20(15(13)6-12)7-10-2-1-3-14(18)16(10)19/h1-6,8,21H,7,9H2. The van der Waals surface area contributed by atoms with Crippen LogP contribution in [0.2, 0.25) is 10.0 Å². The minimum Gasteiger partial charge on any atom is -0.392 e. The number of aliphatic hydroxyl groups excluding tert-OH is 1. The van der Waals surface area contributed by atoms with Gasteiger partial charge in [0, 0.05) is 27.7 Å². The summed E-state index contributed by atoms with van der Waals surface area (Å²) in [5.74, 6) is -0.423. The number of nitrogens with zero attached hydrogens (tertiary/aromatic N) is 1. The van der Waals surface area contributed by atoms with Gasteiger partial charge in [-0.3, -0.25) is 0 Å². The molecule has 1 N–H and O–H groups in total. The van der Waals surface area contributed by atoms with E-state index >= 15 is 0 Å². The normalized spacial score (nSPS) is 11.2. The zero-order valence-corrected chi connectivity index (χ0v) is 12.5. The largest absolute Gasteiger partial charge is 0.392 e. The molecule has 1 aromatic heterocycles. The first-order valence-electron chi connectivity index (χ1n) is 6.41. The summed E-state index contributed by atoms with van der Waals surface area (Å²) in [5, 5.41) is 11.0. The molecular weight excluding hydrogens is 312 g/mol. The highest BCUT2D eigenvalue weighted by Crippen LogP contribution is 2.27. The van der Waals surface area contributed by atoms with Gasteiger partial charge in [0.05, 0.1) is 23.7 Å². The lowest BCUT2D eigenvalue weighted by atomic mass is 10.2. The fourth-order valence-corrected chi connectivity index (χ4v) is 2.81. The third kappa shape index (κ3) is 2.64. The molecule has 3 aromatic rings. The molecule has 1 heterocycles. The smallest absolute Gasteiger partial charge is 0.146 e. The maximum atomic E-state index is 14.0. The molecule has 0 unspecified atom stereocenters. The molecule has 0 radical (unpaired) electrons. The Morgan fingerprint density at radius 3 is 2.67 bits per heavy atom. The molecular formula is C16H12Cl2FNO. The molecule has 2 aromatic carbocycles. The van der Waals surface area contributed by atoms with Crippen LogP contribution in [0, 0.1) is 5.82 Å². The molecule has 21 heavy (non-hydrogen) atoms. The molecule has 0 aliphatic carbocycles. The van der Waals surface area contributed by atoms with Gasteiger partial charge in [-0.05, 0) is 18.2 Å². The third-order valence-corrected chi connectivity index (χ3v) is 4.00. The molecule has 0 spiro atoms. The van der Waals surface area contributed by atoms with Crippen molar-refractivity contribution in [2.45, 2.75) is 13.2 Å². The average molecular weight is 324 g/mol. The molecule has 0 saturated heterocycles. The first-order chi connectivity index (χ1) is 10.1. The van der Waals surface area contributed by atoms with E-state index in [1.54, 1.807) is 30.5 Å². The summed E-state index contributed by atoms with van der Waals surface area (Å²) in [7, 11) is 0. The maximum absolute atomic E-state index is 14.0. The van der Waals surface area contributed by atoms with Crippen molar-refractivity contribution in [1.82, 2.24) is 4.57 Å². The second-order valence-electron chi connectivity index (χ2n) is 4.81. The summed E-state index contributed by atoms with van der Waals surface area (Å²) in [6.07, 6.45) is 1.81. The van der Waals surface area contributed by atoms with E-state index < -0.39 is 5.82 Å². The monoisotopic (exact) mass is 323 g/mol. The van der Waals surface area contributed by atoms with Crippen LogP contribution in [0.15, 0.2) is 42.6 Å². The Morgan fingerprint density at radius 2 is 1.90 bits per heavy atom. The molecule has 0 saturated carbocycles. The summed E-state index contributed by atoms with van der Waals surface area (Å²) in [5.41, 5.74) is 2.12. The summed E-state index contributed by atoms with van der Waals surface area (Å²) in [6, 6.07) is 10.4. The van der Waals surface area contributed by atoms with Crippen molar-refractivity contribution < 1.29 is 9.50 Å². The second kappa shape index (κ2) is 5.68. The van der Waals surface area contributed by atoms with E-state index in [-0.39, 0.29) is 11.6 Å². The van der Waals surface area contributed by atoms with Crippen LogP contribution in [0.25, 0.3) is 10.9 Å². The van der Waals surface area contributed by atoms with Crippen molar-refractivity contribution >= 4 is 34.1 Å². The lowest BCUT2D eigenvalue weighted by Crippen LogP contribution is -2.01. The van der Waals surface area contributed by atoms with Gasteiger partial charge in [-0.2, -0.15) is 0 Å². The SMILES string of the molecule is OCc1cn(Cc2cccc(Cl)c2F)c2cc(Cl)ccc12. The van der Waals surface area contributed by atoms with E-state index in [1.165, 1.54) is 6.07 Å². The summed E-state index contributed by atoms with van der Waals surface area (Å²) >= 11 is 11.8. The van der Waals surface area contributed by atoms with Gasteiger partial charge in [-0.15, -0.1) is 0 Å². The fraction of sp³-hybridized carbons (Fsp3) is 0.125. The number of halogens is 3. The first-order valence-corrected chi connectivity index (χ1v) is 7.16. The fourth-order valence-electron chi connectivity index (χ4n) is 2.45. The van der Waals surface area contributed by atoms with Gasteiger partial charge in [-0.1, -0.05) is 41.4 Å². The van der Waals surface area contributed by atoms with Crippen LogP contribution in [0.3, 0.4) is 0 Å². The highest BCUT2D eigenvalue weighted by Gasteiger charge is 2.12. The highest BCUT2D eigenvalue weighted by molar-refractivity contribution is 6.31. The molecule has 0 bridgehead atoms. The van der Waals surface area contributed by atoms with Gasteiger partial charge >= 0.3 is 0 Å². The molecule has 3 rings (SSSR count). The third-order valence-electron chi connectivity index (χ3n) is 3.47. The van der Waals surface area contributed by atoms with Crippen LogP contribution in [-0.4, -0.2) is 9.67 Å². The number of rotatable bonds is 3. The summed E-state index contributed by atoms with van der Waals surface area (Å²) in [6.45, 7) is 0.242. The van der Waals surface area contributed by atoms with Gasteiger partial charge in [0.2, 0.25) is 0 Å². The number of hydrogen-bond acceptors (Lipinski definition) is 1. The van der Waals surface area contributed by atoms with Crippen molar-refractivity contribution in [3.05, 3.63) is 69.6 Å². The predicted molar refractivity (Wildman–Crippen MR) is 83.4 cm³/mol. The van der Waals surface area contributed by atoms with Crippen LogP contribution >= 0.6 is 23.2 Å². The van der Waals surface area contributed by atoms with Crippen molar-refractivity contribution in [3.8, 4) is 0 Å². The zero-order chi connectivity index (χ0) is 15.0. The van der Waals surface area contributed by atoms with Crippen molar-refractivity contribution in [3.63, 3.8) is 0 Å². The van der Waals surface area contributed by atoms with Gasteiger partial charge in [0.1, 0.15) is 5.82 Å². The predicted octanol–water partition coefficient (Wildman–Crippen LogP) is 4.63. The Balaban J connectivity index is 2.12. The maximum Gasteiger partial charge on any atom is 0.146 e. The quantitative estimate of drug-likeness (QED) is 0.747. The molecule has 2 nitrogen and oxygen atoms in total. The van der Waals surface area contributed by atoms with Gasteiger partial charge < -0.3 is 9.67 Å². The molecule has 0 aliphatic heterocycles. The Kier molecular flexibility index (Phi) is 3.89. The average Bonchev–Trinajstić information content (AvgIpc) is 2.81. The molecule has 0 amide bonds. The van der Waals surface area contributed by atoms with E-state index in [0.717, 1.165) is 16.5 Å². The van der Waals surface area contributed by atoms with Crippen molar-refractivity contribution in [1.29, 1.82) is 0 Å². The molecule has 0 atom stereocenters. The number of aromatic nitrogens is 1. The van der Waals surface area contributed by atoms with E-state index in [9.17, 15) is 9.50 Å². The molecule has 5 heteroatoms. The van der Waals surface area contributed by atoms with Crippen LogP contribution < -0.4 is 0 Å². The Bertz CT molecular complexity index is 813. The van der Waals surface area contributed by atoms with Crippen LogP contribution in [0.1, 0.15) is 11.1 Å². The Hall–Kier alpha value is -1.55. The molecule has 0 aliphatic rings. The summed E-state index contributed by atoms with van der Waals surface area (Å²) in [4.78, 5) is 0. The van der Waals surface area contributed by atoms with Crippen LogP contribution in [0.4, 0.5) is 4.39 Å². The van der Waals surface area contributed by atoms with E-state index in [4.69, 9.17) is 23.2 Å². The molecule has 0 fully saturated rings. The molecule has 108 valence electrons. The number of aliphatic hydroxyl groups is 1. The van der Waals surface area contributed by atoms with Gasteiger partial charge in [-0.25, -0.2) is 4.39 Å². The van der Waals surface area contributed by atoms with Crippen LogP contribution in [0.5, 0.6) is 0 Å². The zero-order valence-electron chi connectivity index (χ0n) is 11.0. The number of benzene rings is 2. The Morgan fingerprint density at radius 1 is 1.10 bits per heavy atom. The first kappa shape index (κ1) is 14.4. The number of hydrogen-bond donors (Lipinski definition) is 1. The number of fused-ring (bicyclic) bond motifs is 1. The second-order valence-corrected chi connectivity index (χ2v) is 5.66. The van der Waals surface area contributed by atoms with E-state index in [2.05, 4.69) is 0 Å². The van der Waals surface area contributed by atoms with Crippen molar-refractivity contribution in [2.75, 3.05) is 0 Å². The lowest BCUT2D eigenvalue weighted by molar-refractivity contribution is 0.283. The minimum atomic E-state index is -0.423. The lowest BCUT2D eigenvalue weighted by Gasteiger charge is -2.08. The Labute approximate surface area is 131 Å². The summed E-state index contributed by atoms with van der Waals surface area (Å²) < 4.78 is 15.9. The topological polar surface area (TPSA) is 25.2 Å². The van der Waals surface area contributed by atoms with Gasteiger partial charge in [0.15, 0.2) is 0 Å². The van der Waals surface area contributed by atoms with Crippen molar-refractivity contribution in [2.24, 2.45) is 0 Å². The minimum absolute atomic E-state index is 0.0802. The van der Waals surface area contributed by atoms with E-state index in [1.807, 2.05) is 10.6 Å². The highest BCUT2D eigenvalue weighted by atomic mass is 35.5. The van der Waals surface area contributed by atoms with Gasteiger partial charge in [0.25, 0.3) is 0 Å². The van der Waals surface area contributed by atoms with Crippen LogP contribution in [-0.2, 0) is 13.2 Å².